The van der Waals surface area contributed by atoms with Gasteiger partial charge in [0.1, 0.15) is 6.10 Å². The highest BCUT2D eigenvalue weighted by Gasteiger charge is 2.24. The van der Waals surface area contributed by atoms with Crippen LogP contribution in [-0.2, 0) is 9.53 Å². The molecule has 92 valence electrons. The van der Waals surface area contributed by atoms with Gasteiger partial charge in [-0.15, -0.1) is 0 Å². The van der Waals surface area contributed by atoms with Crippen molar-refractivity contribution in [3.05, 3.63) is 34.9 Å². The largest absolute Gasteiger partial charge is 0.370 e. The first-order valence-corrected chi connectivity index (χ1v) is 6.23. The summed E-state index contributed by atoms with van der Waals surface area (Å²) in [6, 6.07) is 7.62. The smallest absolute Gasteiger partial charge is 0.222 e. The summed E-state index contributed by atoms with van der Waals surface area (Å²) in [5.74, 6) is 0.181. The average molecular weight is 254 g/mol. The summed E-state index contributed by atoms with van der Waals surface area (Å²) < 4.78 is 5.69. The summed E-state index contributed by atoms with van der Waals surface area (Å²) in [6.07, 6.45) is 0.486. The second-order valence-electron chi connectivity index (χ2n) is 4.11. The number of benzene rings is 1. The number of rotatable bonds is 2. The van der Waals surface area contributed by atoms with Gasteiger partial charge in [-0.3, -0.25) is 4.79 Å². The lowest BCUT2D eigenvalue weighted by atomic mass is 10.1. The van der Waals surface area contributed by atoms with Crippen molar-refractivity contribution >= 4 is 17.5 Å². The van der Waals surface area contributed by atoms with Crippen LogP contribution >= 0.6 is 11.6 Å². The fraction of sp³-hybridized carbons (Fsp3) is 0.462. The highest BCUT2D eigenvalue weighted by molar-refractivity contribution is 6.30. The first kappa shape index (κ1) is 12.4. The van der Waals surface area contributed by atoms with E-state index >= 15 is 0 Å². The molecule has 0 saturated carbocycles. The van der Waals surface area contributed by atoms with Gasteiger partial charge in [0.2, 0.25) is 5.91 Å². The molecular formula is C13H16ClNO2. The Morgan fingerprint density at radius 1 is 1.59 bits per heavy atom. The van der Waals surface area contributed by atoms with Crippen molar-refractivity contribution in [1.82, 2.24) is 4.90 Å². The van der Waals surface area contributed by atoms with Crippen molar-refractivity contribution in [2.45, 2.75) is 19.4 Å². The van der Waals surface area contributed by atoms with E-state index in [1.807, 2.05) is 36.1 Å². The molecule has 1 aromatic carbocycles. The van der Waals surface area contributed by atoms with Crippen molar-refractivity contribution in [2.75, 3.05) is 19.7 Å². The van der Waals surface area contributed by atoms with Crippen LogP contribution in [0.25, 0.3) is 0 Å². The summed E-state index contributed by atoms with van der Waals surface area (Å²) in [4.78, 5) is 13.5. The Morgan fingerprint density at radius 3 is 3.12 bits per heavy atom. The van der Waals surface area contributed by atoms with E-state index in [1.54, 1.807) is 0 Å². The molecule has 0 aliphatic carbocycles. The fourth-order valence-electron chi connectivity index (χ4n) is 2.01. The van der Waals surface area contributed by atoms with Gasteiger partial charge in [0.25, 0.3) is 0 Å². The van der Waals surface area contributed by atoms with Gasteiger partial charge in [-0.05, 0) is 17.7 Å². The maximum absolute atomic E-state index is 11.7. The van der Waals surface area contributed by atoms with E-state index in [0.29, 0.717) is 31.1 Å². The molecule has 17 heavy (non-hydrogen) atoms. The molecule has 1 amide bonds. The molecule has 1 heterocycles. The van der Waals surface area contributed by atoms with E-state index < -0.39 is 0 Å². The third kappa shape index (κ3) is 2.99. The summed E-state index contributed by atoms with van der Waals surface area (Å²) >= 11 is 5.95. The highest BCUT2D eigenvalue weighted by atomic mass is 35.5. The first-order valence-electron chi connectivity index (χ1n) is 5.85. The highest BCUT2D eigenvalue weighted by Crippen LogP contribution is 2.24. The van der Waals surface area contributed by atoms with Crippen LogP contribution in [0.3, 0.4) is 0 Å². The second kappa shape index (κ2) is 5.52. The predicted molar refractivity (Wildman–Crippen MR) is 67.0 cm³/mol. The number of nitrogens with zero attached hydrogens (tertiary/aromatic N) is 1. The van der Waals surface area contributed by atoms with Crippen LogP contribution < -0.4 is 0 Å². The minimum absolute atomic E-state index is 0.0575. The van der Waals surface area contributed by atoms with Gasteiger partial charge in [-0.1, -0.05) is 30.7 Å². The van der Waals surface area contributed by atoms with Gasteiger partial charge in [-0.25, -0.2) is 0 Å². The van der Waals surface area contributed by atoms with Crippen LogP contribution in [0.2, 0.25) is 5.02 Å². The van der Waals surface area contributed by atoms with E-state index in [2.05, 4.69) is 0 Å². The third-order valence-electron chi connectivity index (χ3n) is 2.94. The van der Waals surface area contributed by atoms with E-state index in [9.17, 15) is 4.79 Å². The van der Waals surface area contributed by atoms with Gasteiger partial charge in [0.15, 0.2) is 0 Å². The van der Waals surface area contributed by atoms with E-state index in [1.165, 1.54) is 0 Å². The maximum atomic E-state index is 11.7. The predicted octanol–water partition coefficient (Wildman–Crippen LogP) is 2.65. The number of halogens is 1. The van der Waals surface area contributed by atoms with Crippen LogP contribution in [0.15, 0.2) is 24.3 Å². The Labute approximate surface area is 106 Å². The molecular weight excluding hydrogens is 238 g/mol. The molecule has 1 aliphatic heterocycles. The normalized spacial score (nSPS) is 20.4. The Bertz CT molecular complexity index is 408. The molecule has 1 saturated heterocycles. The van der Waals surface area contributed by atoms with Gasteiger partial charge in [-0.2, -0.15) is 0 Å². The summed E-state index contributed by atoms with van der Waals surface area (Å²) in [5, 5.41) is 0.699. The molecule has 2 rings (SSSR count). The van der Waals surface area contributed by atoms with Crippen LogP contribution in [0.1, 0.15) is 25.0 Å². The number of amides is 1. The monoisotopic (exact) mass is 253 g/mol. The van der Waals surface area contributed by atoms with Crippen molar-refractivity contribution in [2.24, 2.45) is 0 Å². The zero-order chi connectivity index (χ0) is 12.3. The van der Waals surface area contributed by atoms with Gasteiger partial charge >= 0.3 is 0 Å². The Hall–Kier alpha value is -1.06. The summed E-state index contributed by atoms with van der Waals surface area (Å²) in [5.41, 5.74) is 1.03. The van der Waals surface area contributed by atoms with Crippen molar-refractivity contribution < 1.29 is 9.53 Å². The SMILES string of the molecule is CCC(=O)N1CCOC(c2cccc(Cl)c2)C1. The number of carbonyl (C=O) groups excluding carboxylic acids is 1. The zero-order valence-corrected chi connectivity index (χ0v) is 10.6. The number of hydrogen-bond acceptors (Lipinski definition) is 2. The number of ether oxygens (including phenoxy) is 1. The first-order chi connectivity index (χ1) is 8.20. The lowest BCUT2D eigenvalue weighted by Gasteiger charge is -2.33. The van der Waals surface area contributed by atoms with Gasteiger partial charge < -0.3 is 9.64 Å². The maximum Gasteiger partial charge on any atom is 0.222 e. The Balaban J connectivity index is 2.09. The standard InChI is InChI=1S/C13H16ClNO2/c1-2-13(16)15-6-7-17-12(9-15)10-4-3-5-11(14)8-10/h3-5,8,12H,2,6-7,9H2,1H3. The van der Waals surface area contributed by atoms with Crippen molar-refractivity contribution in [1.29, 1.82) is 0 Å². The van der Waals surface area contributed by atoms with Crippen LogP contribution in [0.4, 0.5) is 0 Å². The molecule has 1 aliphatic rings. The molecule has 0 spiro atoms. The van der Waals surface area contributed by atoms with Crippen LogP contribution in [0, 0.1) is 0 Å². The van der Waals surface area contributed by atoms with Crippen LogP contribution in [-0.4, -0.2) is 30.5 Å². The second-order valence-corrected chi connectivity index (χ2v) is 4.54. The van der Waals surface area contributed by atoms with E-state index in [0.717, 1.165) is 5.56 Å². The van der Waals surface area contributed by atoms with Crippen molar-refractivity contribution in [3.63, 3.8) is 0 Å². The topological polar surface area (TPSA) is 29.5 Å². The summed E-state index contributed by atoms with van der Waals surface area (Å²) in [7, 11) is 0. The molecule has 1 fully saturated rings. The number of morpholine rings is 1. The molecule has 0 aromatic heterocycles. The minimum Gasteiger partial charge on any atom is -0.370 e. The van der Waals surface area contributed by atoms with Gasteiger partial charge in [0.05, 0.1) is 13.2 Å². The molecule has 3 nitrogen and oxygen atoms in total. The molecule has 4 heteroatoms. The Morgan fingerprint density at radius 2 is 2.41 bits per heavy atom. The molecule has 0 radical (unpaired) electrons. The number of carbonyl (C=O) groups is 1. The van der Waals surface area contributed by atoms with Crippen molar-refractivity contribution in [3.8, 4) is 0 Å². The quantitative estimate of drug-likeness (QED) is 0.811. The lowest BCUT2D eigenvalue weighted by Crippen LogP contribution is -2.41. The molecule has 1 unspecified atom stereocenters. The van der Waals surface area contributed by atoms with Crippen LogP contribution in [0.5, 0.6) is 0 Å². The number of hydrogen-bond donors (Lipinski definition) is 0. The van der Waals surface area contributed by atoms with E-state index in [-0.39, 0.29) is 12.0 Å². The third-order valence-corrected chi connectivity index (χ3v) is 3.18. The molecule has 0 bridgehead atoms. The lowest BCUT2D eigenvalue weighted by molar-refractivity contribution is -0.138. The zero-order valence-electron chi connectivity index (χ0n) is 9.86. The summed E-state index contributed by atoms with van der Waals surface area (Å²) in [6.45, 7) is 3.77. The minimum atomic E-state index is -0.0575. The van der Waals surface area contributed by atoms with Gasteiger partial charge in [0, 0.05) is 18.0 Å². The average Bonchev–Trinajstić information content (AvgIpc) is 2.38. The molecule has 1 atom stereocenters. The fourth-order valence-corrected chi connectivity index (χ4v) is 2.21. The molecule has 0 N–H and O–H groups in total. The Kier molecular flexibility index (Phi) is 4.02. The van der Waals surface area contributed by atoms with E-state index in [4.69, 9.17) is 16.3 Å². The molecule has 1 aromatic rings.